The minimum absolute atomic E-state index is 0.0358. The Morgan fingerprint density at radius 1 is 1.15 bits per heavy atom. The van der Waals surface area contributed by atoms with E-state index >= 15 is 0 Å². The number of ketones is 1. The second-order valence-corrected chi connectivity index (χ2v) is 7.19. The van der Waals surface area contributed by atoms with Gasteiger partial charge in [-0.3, -0.25) is 14.3 Å². The summed E-state index contributed by atoms with van der Waals surface area (Å²) in [6.07, 6.45) is 8.22. The highest BCUT2D eigenvalue weighted by Gasteiger charge is 2.25. The lowest BCUT2D eigenvalue weighted by molar-refractivity contribution is -0.124. The number of carbonyl (C=O) groups excluding carboxylic acids is 2. The largest absolute Gasteiger partial charge is 0.321 e. The van der Waals surface area contributed by atoms with Crippen molar-refractivity contribution in [3.05, 3.63) is 59.4 Å². The maximum Gasteiger partial charge on any atom is 0.256 e. The Bertz CT molecular complexity index is 1050. The number of amides is 1. The van der Waals surface area contributed by atoms with Crippen molar-refractivity contribution >= 4 is 28.2 Å². The van der Waals surface area contributed by atoms with Gasteiger partial charge in [0.1, 0.15) is 6.04 Å². The molecule has 1 N–H and O–H groups in total. The van der Waals surface area contributed by atoms with Gasteiger partial charge in [-0.15, -0.1) is 0 Å². The predicted octanol–water partition coefficient (Wildman–Crippen LogP) is 3.88. The van der Waals surface area contributed by atoms with Gasteiger partial charge in [0.25, 0.3) is 5.91 Å². The van der Waals surface area contributed by atoms with Crippen LogP contribution in [0.1, 0.15) is 53.2 Å². The SMILES string of the molecule is O=C1Nc2ccc(Cc3cnn(C4CCCCC4=O)c3)c3cccc1c23. The second kappa shape index (κ2) is 5.80. The first kappa shape index (κ1) is 15.3. The lowest BCUT2D eigenvalue weighted by Gasteiger charge is -2.20. The van der Waals surface area contributed by atoms with Crippen molar-refractivity contribution in [3.63, 3.8) is 0 Å². The van der Waals surface area contributed by atoms with Crippen LogP contribution in [0.5, 0.6) is 0 Å². The smallest absolute Gasteiger partial charge is 0.256 e. The topological polar surface area (TPSA) is 64.0 Å². The van der Waals surface area contributed by atoms with E-state index in [-0.39, 0.29) is 11.9 Å². The molecule has 1 saturated carbocycles. The van der Waals surface area contributed by atoms with Crippen molar-refractivity contribution in [2.75, 3.05) is 5.32 Å². The molecule has 26 heavy (non-hydrogen) atoms. The monoisotopic (exact) mass is 345 g/mol. The van der Waals surface area contributed by atoms with E-state index in [0.29, 0.717) is 12.2 Å². The fraction of sp³-hybridized carbons (Fsp3) is 0.286. The Morgan fingerprint density at radius 3 is 2.96 bits per heavy atom. The Balaban J connectivity index is 1.49. The van der Waals surface area contributed by atoms with Crippen LogP contribution in [-0.4, -0.2) is 21.5 Å². The van der Waals surface area contributed by atoms with E-state index in [1.165, 1.54) is 0 Å². The van der Waals surface area contributed by atoms with Crippen molar-refractivity contribution in [2.45, 2.75) is 38.1 Å². The molecule has 5 heteroatoms. The number of nitrogens with one attached hydrogen (secondary N) is 1. The summed E-state index contributed by atoms with van der Waals surface area (Å²) >= 11 is 0. The molecule has 1 amide bonds. The lowest BCUT2D eigenvalue weighted by Crippen LogP contribution is -2.23. The molecule has 2 aromatic carbocycles. The standard InChI is InChI=1S/C21H19N3O2/c25-19-7-2-1-6-18(19)24-12-13(11-22-24)10-14-8-9-17-20-15(14)4-3-5-16(20)21(26)23-17/h3-5,8-9,11-12,18H,1-2,6-7,10H2,(H,23,26). The quantitative estimate of drug-likeness (QED) is 0.783. The summed E-state index contributed by atoms with van der Waals surface area (Å²) in [5.74, 6) is 0.257. The van der Waals surface area contributed by atoms with E-state index < -0.39 is 0 Å². The third-order valence-corrected chi connectivity index (χ3v) is 5.52. The number of nitrogens with zero attached hydrogens (tertiary/aromatic N) is 2. The van der Waals surface area contributed by atoms with Gasteiger partial charge in [0, 0.05) is 35.7 Å². The predicted molar refractivity (Wildman–Crippen MR) is 99.4 cm³/mol. The van der Waals surface area contributed by atoms with Crippen molar-refractivity contribution in [3.8, 4) is 0 Å². The molecule has 1 aliphatic carbocycles. The summed E-state index contributed by atoms with van der Waals surface area (Å²) in [5, 5.41) is 9.48. The number of anilines is 1. The molecule has 130 valence electrons. The van der Waals surface area contributed by atoms with Crippen LogP contribution in [0.25, 0.3) is 10.8 Å². The average molecular weight is 345 g/mol. The minimum atomic E-state index is -0.105. The lowest BCUT2D eigenvalue weighted by atomic mass is 9.94. The van der Waals surface area contributed by atoms with Crippen LogP contribution in [0, 0.1) is 0 Å². The molecule has 0 bridgehead atoms. The summed E-state index contributed by atoms with van der Waals surface area (Å²) in [6.45, 7) is 0. The van der Waals surface area contributed by atoms with Crippen LogP contribution < -0.4 is 5.32 Å². The fourth-order valence-electron chi connectivity index (χ4n) is 4.21. The maximum atomic E-state index is 12.2. The van der Waals surface area contributed by atoms with Gasteiger partial charge in [-0.2, -0.15) is 5.10 Å². The number of Topliss-reactive ketones (excluding diaryl/α,β-unsaturated/α-hetero) is 1. The van der Waals surface area contributed by atoms with Gasteiger partial charge in [0.05, 0.1) is 6.20 Å². The second-order valence-electron chi connectivity index (χ2n) is 7.19. The summed E-state index contributed by atoms with van der Waals surface area (Å²) in [4.78, 5) is 24.2. The maximum absolute atomic E-state index is 12.2. The molecular weight excluding hydrogens is 326 g/mol. The van der Waals surface area contributed by atoms with Gasteiger partial charge in [0.2, 0.25) is 0 Å². The number of rotatable bonds is 3. The molecule has 1 aromatic heterocycles. The third-order valence-electron chi connectivity index (χ3n) is 5.52. The van der Waals surface area contributed by atoms with E-state index in [1.54, 1.807) is 0 Å². The Hall–Kier alpha value is -2.95. The van der Waals surface area contributed by atoms with Crippen LogP contribution in [0.15, 0.2) is 42.7 Å². The van der Waals surface area contributed by atoms with E-state index in [2.05, 4.69) is 22.5 Å². The van der Waals surface area contributed by atoms with Gasteiger partial charge in [-0.05, 0) is 41.5 Å². The minimum Gasteiger partial charge on any atom is -0.321 e. The summed E-state index contributed by atoms with van der Waals surface area (Å²) in [6, 6.07) is 9.79. The van der Waals surface area contributed by atoms with E-state index in [1.807, 2.05) is 35.3 Å². The first-order valence-corrected chi connectivity index (χ1v) is 9.12. The molecule has 0 radical (unpaired) electrons. The molecule has 2 aliphatic rings. The fourth-order valence-corrected chi connectivity index (χ4v) is 4.21. The Morgan fingerprint density at radius 2 is 2.08 bits per heavy atom. The molecule has 0 saturated heterocycles. The van der Waals surface area contributed by atoms with Gasteiger partial charge in [-0.25, -0.2) is 0 Å². The van der Waals surface area contributed by atoms with Crippen LogP contribution >= 0.6 is 0 Å². The van der Waals surface area contributed by atoms with E-state index in [9.17, 15) is 9.59 Å². The molecule has 0 spiro atoms. The van der Waals surface area contributed by atoms with Gasteiger partial charge in [-0.1, -0.05) is 24.6 Å². The third kappa shape index (κ3) is 2.35. The summed E-state index contributed by atoms with van der Waals surface area (Å²) < 4.78 is 1.84. The zero-order chi connectivity index (χ0) is 17.7. The molecule has 5 rings (SSSR count). The zero-order valence-electron chi connectivity index (χ0n) is 14.4. The van der Waals surface area contributed by atoms with Crippen LogP contribution in [0.2, 0.25) is 0 Å². The molecule has 3 aromatic rings. The highest BCUT2D eigenvalue weighted by molar-refractivity contribution is 6.24. The number of carbonyl (C=O) groups is 2. The molecule has 1 fully saturated rings. The number of hydrogen-bond acceptors (Lipinski definition) is 3. The van der Waals surface area contributed by atoms with Crippen LogP contribution in [0.4, 0.5) is 5.69 Å². The van der Waals surface area contributed by atoms with Gasteiger partial charge >= 0.3 is 0 Å². The van der Waals surface area contributed by atoms with Gasteiger partial charge < -0.3 is 5.32 Å². The highest BCUT2D eigenvalue weighted by Crippen LogP contribution is 2.35. The highest BCUT2D eigenvalue weighted by atomic mass is 16.2. The number of aromatic nitrogens is 2. The average Bonchev–Trinajstić information content (AvgIpc) is 3.24. The molecule has 1 unspecified atom stereocenters. The van der Waals surface area contributed by atoms with Crippen molar-refractivity contribution < 1.29 is 9.59 Å². The Labute approximate surface area is 151 Å². The van der Waals surface area contributed by atoms with Crippen molar-refractivity contribution in [2.24, 2.45) is 0 Å². The van der Waals surface area contributed by atoms with Crippen molar-refractivity contribution in [1.82, 2.24) is 9.78 Å². The van der Waals surface area contributed by atoms with E-state index in [4.69, 9.17) is 0 Å². The first-order chi connectivity index (χ1) is 12.7. The molecule has 2 heterocycles. The molecule has 1 aliphatic heterocycles. The molecular formula is C21H19N3O2. The first-order valence-electron chi connectivity index (χ1n) is 9.12. The molecule has 5 nitrogen and oxygen atoms in total. The number of hydrogen-bond donors (Lipinski definition) is 1. The molecule has 1 atom stereocenters. The normalized spacial score (nSPS) is 19.2. The Kier molecular flexibility index (Phi) is 3.42. The van der Waals surface area contributed by atoms with Gasteiger partial charge in [0.15, 0.2) is 5.78 Å². The van der Waals surface area contributed by atoms with Crippen LogP contribution in [-0.2, 0) is 11.2 Å². The zero-order valence-corrected chi connectivity index (χ0v) is 14.4. The van der Waals surface area contributed by atoms with Crippen molar-refractivity contribution in [1.29, 1.82) is 0 Å². The van der Waals surface area contributed by atoms with Crippen LogP contribution in [0.3, 0.4) is 0 Å². The summed E-state index contributed by atoms with van der Waals surface area (Å²) in [7, 11) is 0. The summed E-state index contributed by atoms with van der Waals surface area (Å²) in [5.41, 5.74) is 3.87. The number of benzene rings is 2. The van der Waals surface area contributed by atoms with E-state index in [0.717, 1.165) is 58.8 Å².